The number of carbonyl (C=O) groups is 1. The van der Waals surface area contributed by atoms with Gasteiger partial charge in [-0.3, -0.25) is 4.79 Å². The highest BCUT2D eigenvalue weighted by atomic mass is 16.3. The fourth-order valence-electron chi connectivity index (χ4n) is 2.39. The summed E-state index contributed by atoms with van der Waals surface area (Å²) in [7, 11) is 0. The molecule has 1 amide bonds. The summed E-state index contributed by atoms with van der Waals surface area (Å²) in [5, 5.41) is 13.3. The third kappa shape index (κ3) is 4.25. The zero-order valence-electron chi connectivity index (χ0n) is 11.6. The van der Waals surface area contributed by atoms with E-state index in [0.29, 0.717) is 25.6 Å². The fraction of sp³-hybridized carbons (Fsp3) is 0.929. The number of carbonyl (C=O) groups excluding carboxylic acids is 1. The molecule has 18 heavy (non-hydrogen) atoms. The Bertz CT molecular complexity index is 300. The second-order valence-electron chi connectivity index (χ2n) is 6.59. The summed E-state index contributed by atoms with van der Waals surface area (Å²) >= 11 is 0. The number of hydrogen-bond donors (Lipinski definition) is 2. The van der Waals surface area contributed by atoms with Gasteiger partial charge in [0.15, 0.2) is 0 Å². The minimum Gasteiger partial charge on any atom is -0.390 e. The summed E-state index contributed by atoms with van der Waals surface area (Å²) in [5.41, 5.74) is 0.252. The molecule has 1 unspecified atom stereocenters. The normalized spacial score (nSPS) is 25.9. The summed E-state index contributed by atoms with van der Waals surface area (Å²) in [5.74, 6) is 0.200. The number of aliphatic hydroxyl groups excluding tert-OH is 1. The molecule has 1 aliphatic heterocycles. The van der Waals surface area contributed by atoms with Gasteiger partial charge in [0.1, 0.15) is 0 Å². The van der Waals surface area contributed by atoms with Crippen LogP contribution in [0.5, 0.6) is 0 Å². The number of aliphatic hydroxyl groups is 1. The molecule has 1 heterocycles. The lowest BCUT2D eigenvalue weighted by Gasteiger charge is -2.25. The Labute approximate surface area is 110 Å². The SMILES string of the molecule is CC1(C)CCC(=O)N(CC(O)CNC2CC2)CC1. The van der Waals surface area contributed by atoms with Gasteiger partial charge < -0.3 is 15.3 Å². The van der Waals surface area contributed by atoms with Crippen molar-refractivity contribution in [1.82, 2.24) is 10.2 Å². The number of hydrogen-bond acceptors (Lipinski definition) is 3. The Morgan fingerprint density at radius 3 is 2.83 bits per heavy atom. The monoisotopic (exact) mass is 254 g/mol. The number of nitrogens with one attached hydrogen (secondary N) is 1. The minimum atomic E-state index is -0.434. The smallest absolute Gasteiger partial charge is 0.222 e. The van der Waals surface area contributed by atoms with Crippen molar-refractivity contribution in [2.24, 2.45) is 5.41 Å². The molecule has 2 rings (SSSR count). The van der Waals surface area contributed by atoms with E-state index in [1.165, 1.54) is 12.8 Å². The Kier molecular flexibility index (Phi) is 4.28. The average Bonchev–Trinajstić information content (AvgIpc) is 3.12. The lowest BCUT2D eigenvalue weighted by atomic mass is 9.85. The summed E-state index contributed by atoms with van der Waals surface area (Å²) in [6.45, 7) is 6.31. The molecule has 4 nitrogen and oxygen atoms in total. The zero-order valence-corrected chi connectivity index (χ0v) is 11.6. The second-order valence-corrected chi connectivity index (χ2v) is 6.59. The molecule has 0 radical (unpaired) electrons. The third-order valence-corrected chi connectivity index (χ3v) is 4.08. The van der Waals surface area contributed by atoms with Crippen LogP contribution in [-0.2, 0) is 4.79 Å². The van der Waals surface area contributed by atoms with E-state index in [4.69, 9.17) is 0 Å². The molecule has 1 aliphatic carbocycles. The summed E-state index contributed by atoms with van der Waals surface area (Å²) < 4.78 is 0. The van der Waals surface area contributed by atoms with Gasteiger partial charge in [0.2, 0.25) is 5.91 Å². The van der Waals surface area contributed by atoms with E-state index in [2.05, 4.69) is 19.2 Å². The molecule has 0 aromatic rings. The maximum atomic E-state index is 12.0. The maximum Gasteiger partial charge on any atom is 0.222 e. The zero-order chi connectivity index (χ0) is 13.2. The van der Waals surface area contributed by atoms with Crippen LogP contribution >= 0.6 is 0 Å². The molecule has 2 aliphatic rings. The van der Waals surface area contributed by atoms with Gasteiger partial charge in [-0.05, 0) is 31.1 Å². The van der Waals surface area contributed by atoms with Crippen molar-refractivity contribution >= 4 is 5.91 Å². The fourth-order valence-corrected chi connectivity index (χ4v) is 2.39. The summed E-state index contributed by atoms with van der Waals surface area (Å²) in [4.78, 5) is 13.8. The van der Waals surface area contributed by atoms with Crippen molar-refractivity contribution in [1.29, 1.82) is 0 Å². The number of β-amino-alcohol motifs (C(OH)–C–C–N with tert-alkyl or cyclic N) is 1. The highest BCUT2D eigenvalue weighted by Gasteiger charge is 2.28. The maximum absolute atomic E-state index is 12.0. The second kappa shape index (κ2) is 5.57. The highest BCUT2D eigenvalue weighted by molar-refractivity contribution is 5.76. The number of amides is 1. The van der Waals surface area contributed by atoms with Crippen molar-refractivity contribution in [2.75, 3.05) is 19.6 Å². The van der Waals surface area contributed by atoms with Crippen LogP contribution in [0.4, 0.5) is 0 Å². The molecule has 1 saturated heterocycles. The summed E-state index contributed by atoms with van der Waals surface area (Å²) in [6, 6.07) is 0.610. The average molecular weight is 254 g/mol. The first-order chi connectivity index (χ1) is 8.46. The topological polar surface area (TPSA) is 52.6 Å². The van der Waals surface area contributed by atoms with Crippen LogP contribution < -0.4 is 5.32 Å². The highest BCUT2D eigenvalue weighted by Crippen LogP contribution is 2.30. The lowest BCUT2D eigenvalue weighted by Crippen LogP contribution is -2.41. The van der Waals surface area contributed by atoms with Gasteiger partial charge in [-0.1, -0.05) is 13.8 Å². The number of rotatable bonds is 5. The van der Waals surface area contributed by atoms with Crippen LogP contribution in [0, 0.1) is 5.41 Å². The number of likely N-dealkylation sites (tertiary alicyclic amines) is 1. The van der Waals surface area contributed by atoms with Crippen molar-refractivity contribution in [2.45, 2.75) is 58.1 Å². The van der Waals surface area contributed by atoms with Gasteiger partial charge in [0, 0.05) is 32.1 Å². The van der Waals surface area contributed by atoms with Gasteiger partial charge >= 0.3 is 0 Å². The van der Waals surface area contributed by atoms with Gasteiger partial charge in [-0.2, -0.15) is 0 Å². The molecule has 1 atom stereocenters. The molecule has 0 spiro atoms. The molecule has 2 N–H and O–H groups in total. The molecular formula is C14H26N2O2. The van der Waals surface area contributed by atoms with E-state index < -0.39 is 6.10 Å². The Balaban J connectivity index is 1.77. The van der Waals surface area contributed by atoms with Gasteiger partial charge in [-0.25, -0.2) is 0 Å². The summed E-state index contributed by atoms with van der Waals surface area (Å²) in [6.07, 6.45) is 4.62. The first-order valence-electron chi connectivity index (χ1n) is 7.15. The first-order valence-corrected chi connectivity index (χ1v) is 7.15. The van der Waals surface area contributed by atoms with E-state index in [1.807, 2.05) is 4.90 Å². The van der Waals surface area contributed by atoms with Gasteiger partial charge in [0.05, 0.1) is 6.10 Å². The van der Waals surface area contributed by atoms with Crippen LogP contribution in [0.15, 0.2) is 0 Å². The van der Waals surface area contributed by atoms with Crippen LogP contribution in [0.1, 0.15) is 46.0 Å². The Hall–Kier alpha value is -0.610. The Morgan fingerprint density at radius 1 is 1.44 bits per heavy atom. The van der Waals surface area contributed by atoms with E-state index in [9.17, 15) is 9.90 Å². The van der Waals surface area contributed by atoms with Crippen LogP contribution in [0.2, 0.25) is 0 Å². The predicted octanol–water partition coefficient (Wildman–Crippen LogP) is 1.14. The quantitative estimate of drug-likeness (QED) is 0.773. The van der Waals surface area contributed by atoms with Crippen molar-refractivity contribution in [3.05, 3.63) is 0 Å². The van der Waals surface area contributed by atoms with Crippen molar-refractivity contribution in [3.8, 4) is 0 Å². The molecule has 4 heteroatoms. The van der Waals surface area contributed by atoms with Gasteiger partial charge in [-0.15, -0.1) is 0 Å². The minimum absolute atomic E-state index is 0.200. The molecule has 2 fully saturated rings. The van der Waals surface area contributed by atoms with Gasteiger partial charge in [0.25, 0.3) is 0 Å². The van der Waals surface area contributed by atoms with Crippen molar-refractivity contribution < 1.29 is 9.90 Å². The molecule has 1 saturated carbocycles. The standard InChI is InChI=1S/C14H26N2O2/c1-14(2)6-5-13(18)16(8-7-14)10-12(17)9-15-11-3-4-11/h11-12,15,17H,3-10H2,1-2H3. The van der Waals surface area contributed by atoms with E-state index in [-0.39, 0.29) is 11.3 Å². The van der Waals surface area contributed by atoms with E-state index >= 15 is 0 Å². The molecule has 104 valence electrons. The van der Waals surface area contributed by atoms with E-state index in [1.54, 1.807) is 0 Å². The predicted molar refractivity (Wildman–Crippen MR) is 71.2 cm³/mol. The van der Waals surface area contributed by atoms with Crippen LogP contribution in [0.3, 0.4) is 0 Å². The van der Waals surface area contributed by atoms with Crippen LogP contribution in [0.25, 0.3) is 0 Å². The molecule has 0 aromatic carbocycles. The Morgan fingerprint density at radius 2 is 2.17 bits per heavy atom. The molecule has 0 bridgehead atoms. The molecule has 0 aromatic heterocycles. The van der Waals surface area contributed by atoms with E-state index in [0.717, 1.165) is 19.4 Å². The number of nitrogens with zero attached hydrogens (tertiary/aromatic N) is 1. The first kappa shape index (κ1) is 13.8. The van der Waals surface area contributed by atoms with Crippen molar-refractivity contribution in [3.63, 3.8) is 0 Å². The molecular weight excluding hydrogens is 228 g/mol. The lowest BCUT2D eigenvalue weighted by molar-refractivity contribution is -0.132. The van der Waals surface area contributed by atoms with Crippen LogP contribution in [-0.4, -0.2) is 47.7 Å². The largest absolute Gasteiger partial charge is 0.390 e. The third-order valence-electron chi connectivity index (χ3n) is 4.08.